The molecule has 1 heterocycles. The van der Waals surface area contributed by atoms with Crippen LogP contribution in [0.1, 0.15) is 32.7 Å². The van der Waals surface area contributed by atoms with Crippen LogP contribution in [0.5, 0.6) is 11.6 Å². The molecule has 0 atom stereocenters. The second kappa shape index (κ2) is 6.85. The van der Waals surface area contributed by atoms with Gasteiger partial charge in [-0.2, -0.15) is 0 Å². The first kappa shape index (κ1) is 15.7. The second-order valence-electron chi connectivity index (χ2n) is 4.82. The summed E-state index contributed by atoms with van der Waals surface area (Å²) in [6, 6.07) is 8.33. The lowest BCUT2D eigenvalue weighted by atomic mass is 10.0. The zero-order valence-electron chi connectivity index (χ0n) is 12.8. The van der Waals surface area contributed by atoms with Crippen molar-refractivity contribution in [1.29, 1.82) is 0 Å². The number of aryl methyl sites for hydroxylation is 1. The summed E-state index contributed by atoms with van der Waals surface area (Å²) in [4.78, 5) is 28.6. The summed E-state index contributed by atoms with van der Waals surface area (Å²) in [5.74, 6) is 0.329. The molecular weight excluding hydrogens is 282 g/mol. The normalized spacial score (nSPS) is 10.1. The molecule has 0 saturated carbocycles. The van der Waals surface area contributed by atoms with E-state index in [1.54, 1.807) is 43.6 Å². The highest BCUT2D eigenvalue weighted by Gasteiger charge is 2.18. The molecule has 1 aromatic carbocycles. The zero-order valence-corrected chi connectivity index (χ0v) is 12.8. The van der Waals surface area contributed by atoms with E-state index in [-0.39, 0.29) is 23.9 Å². The molecule has 0 amide bonds. The molecular formula is C17H17NO4. The third kappa shape index (κ3) is 3.49. The molecule has 0 radical (unpaired) electrons. The van der Waals surface area contributed by atoms with Crippen LogP contribution in [0.15, 0.2) is 36.5 Å². The highest BCUT2D eigenvalue weighted by atomic mass is 16.5. The summed E-state index contributed by atoms with van der Waals surface area (Å²) in [6.07, 6.45) is 1.38. The predicted molar refractivity (Wildman–Crippen MR) is 81.8 cm³/mol. The maximum Gasteiger partial charge on any atom is 0.224 e. The first-order chi connectivity index (χ1) is 10.5. The topological polar surface area (TPSA) is 65.5 Å². The molecule has 0 saturated heterocycles. The Morgan fingerprint density at radius 2 is 1.73 bits per heavy atom. The maximum atomic E-state index is 12.3. The van der Waals surface area contributed by atoms with E-state index in [1.165, 1.54) is 7.11 Å². The monoisotopic (exact) mass is 299 g/mol. The molecule has 0 aliphatic heterocycles. The van der Waals surface area contributed by atoms with Crippen LogP contribution in [0.3, 0.4) is 0 Å². The summed E-state index contributed by atoms with van der Waals surface area (Å²) in [6.45, 7) is 1.83. The van der Waals surface area contributed by atoms with E-state index in [1.807, 2.05) is 6.92 Å². The fourth-order valence-corrected chi connectivity index (χ4v) is 2.04. The summed E-state index contributed by atoms with van der Waals surface area (Å²) in [5.41, 5.74) is 1.62. The van der Waals surface area contributed by atoms with Gasteiger partial charge in [-0.1, -0.05) is 0 Å². The van der Waals surface area contributed by atoms with Gasteiger partial charge in [-0.15, -0.1) is 0 Å². The Kier molecular flexibility index (Phi) is 4.88. The van der Waals surface area contributed by atoms with Crippen LogP contribution in [-0.4, -0.2) is 30.8 Å². The largest absolute Gasteiger partial charge is 0.497 e. The van der Waals surface area contributed by atoms with Crippen LogP contribution in [-0.2, 0) is 0 Å². The number of methoxy groups -OCH3 is 2. The third-order valence-corrected chi connectivity index (χ3v) is 3.21. The van der Waals surface area contributed by atoms with Gasteiger partial charge >= 0.3 is 0 Å². The van der Waals surface area contributed by atoms with Gasteiger partial charge in [-0.3, -0.25) is 9.59 Å². The smallest absolute Gasteiger partial charge is 0.224 e. The third-order valence-electron chi connectivity index (χ3n) is 3.21. The van der Waals surface area contributed by atoms with E-state index < -0.39 is 0 Å². The van der Waals surface area contributed by atoms with E-state index in [0.29, 0.717) is 16.9 Å². The average Bonchev–Trinajstić information content (AvgIpc) is 2.54. The van der Waals surface area contributed by atoms with Gasteiger partial charge in [-0.25, -0.2) is 4.98 Å². The van der Waals surface area contributed by atoms with E-state index >= 15 is 0 Å². The minimum absolute atomic E-state index is 0.228. The van der Waals surface area contributed by atoms with Crippen molar-refractivity contribution in [3.8, 4) is 11.6 Å². The minimum atomic E-state index is -0.311. The predicted octanol–water partition coefficient (Wildman–Crippen LogP) is 2.86. The molecule has 2 aromatic rings. The Labute approximate surface area is 128 Å². The van der Waals surface area contributed by atoms with Gasteiger partial charge in [0.2, 0.25) is 5.88 Å². The minimum Gasteiger partial charge on any atom is -0.497 e. The molecule has 5 nitrogen and oxygen atoms in total. The van der Waals surface area contributed by atoms with Crippen LogP contribution in [0.2, 0.25) is 0 Å². The second-order valence-corrected chi connectivity index (χ2v) is 4.82. The van der Waals surface area contributed by atoms with Gasteiger partial charge in [0.1, 0.15) is 5.75 Å². The molecule has 0 spiro atoms. The van der Waals surface area contributed by atoms with Crippen molar-refractivity contribution in [1.82, 2.24) is 4.98 Å². The number of ether oxygens (including phenoxy) is 2. The summed E-state index contributed by atoms with van der Waals surface area (Å²) in [5, 5.41) is 0. The van der Waals surface area contributed by atoms with Crippen LogP contribution in [0, 0.1) is 6.92 Å². The molecule has 0 aliphatic carbocycles. The quantitative estimate of drug-likeness (QED) is 0.606. The summed E-state index contributed by atoms with van der Waals surface area (Å²) >= 11 is 0. The van der Waals surface area contributed by atoms with Crippen molar-refractivity contribution in [3.05, 3.63) is 53.2 Å². The van der Waals surface area contributed by atoms with E-state index in [9.17, 15) is 9.59 Å². The maximum absolute atomic E-state index is 12.3. The number of carbonyl (C=O) groups is 2. The van der Waals surface area contributed by atoms with Crippen molar-refractivity contribution in [2.45, 2.75) is 13.3 Å². The fraction of sp³-hybridized carbons (Fsp3) is 0.235. The van der Waals surface area contributed by atoms with Crippen molar-refractivity contribution < 1.29 is 19.1 Å². The molecule has 0 N–H and O–H groups in total. The van der Waals surface area contributed by atoms with Gasteiger partial charge < -0.3 is 9.47 Å². The average molecular weight is 299 g/mol. The van der Waals surface area contributed by atoms with Crippen molar-refractivity contribution >= 4 is 11.6 Å². The SMILES string of the molecule is COc1ccc(C(=O)CC(=O)c2cc(C)cnc2OC)cc1. The lowest BCUT2D eigenvalue weighted by molar-refractivity contribution is 0.0892. The number of Topliss-reactive ketones (excluding diaryl/α,β-unsaturated/α-hetero) is 2. The van der Waals surface area contributed by atoms with Crippen LogP contribution in [0.25, 0.3) is 0 Å². The van der Waals surface area contributed by atoms with Gasteiger partial charge in [0.05, 0.1) is 26.2 Å². The van der Waals surface area contributed by atoms with Crippen molar-refractivity contribution in [2.24, 2.45) is 0 Å². The Morgan fingerprint density at radius 3 is 2.32 bits per heavy atom. The first-order valence-corrected chi connectivity index (χ1v) is 6.76. The van der Waals surface area contributed by atoms with Crippen LogP contribution in [0.4, 0.5) is 0 Å². The number of hydrogen-bond acceptors (Lipinski definition) is 5. The molecule has 114 valence electrons. The van der Waals surface area contributed by atoms with Gasteiger partial charge in [0, 0.05) is 11.8 Å². The first-order valence-electron chi connectivity index (χ1n) is 6.76. The standard InChI is InChI=1S/C17H17NO4/c1-11-8-14(17(22-3)18-10-11)16(20)9-15(19)12-4-6-13(21-2)7-5-12/h4-8,10H,9H2,1-3H3. The van der Waals surface area contributed by atoms with E-state index in [2.05, 4.69) is 4.98 Å². The molecule has 0 fully saturated rings. The van der Waals surface area contributed by atoms with E-state index in [4.69, 9.17) is 9.47 Å². The number of carbonyl (C=O) groups excluding carboxylic acids is 2. The molecule has 22 heavy (non-hydrogen) atoms. The Morgan fingerprint density at radius 1 is 1.05 bits per heavy atom. The summed E-state index contributed by atoms with van der Waals surface area (Å²) < 4.78 is 10.1. The number of nitrogens with zero attached hydrogens (tertiary/aromatic N) is 1. The zero-order chi connectivity index (χ0) is 16.1. The molecule has 5 heteroatoms. The van der Waals surface area contributed by atoms with E-state index in [0.717, 1.165) is 5.56 Å². The van der Waals surface area contributed by atoms with Gasteiger partial charge in [-0.05, 0) is 42.8 Å². The number of ketones is 2. The summed E-state index contributed by atoms with van der Waals surface area (Å²) in [7, 11) is 3.00. The van der Waals surface area contributed by atoms with Crippen LogP contribution < -0.4 is 9.47 Å². The van der Waals surface area contributed by atoms with Gasteiger partial charge in [0.15, 0.2) is 11.6 Å². The Balaban J connectivity index is 2.17. The van der Waals surface area contributed by atoms with Crippen molar-refractivity contribution in [2.75, 3.05) is 14.2 Å². The number of rotatable bonds is 6. The number of benzene rings is 1. The fourth-order valence-electron chi connectivity index (χ4n) is 2.04. The van der Waals surface area contributed by atoms with Crippen molar-refractivity contribution in [3.63, 3.8) is 0 Å². The molecule has 0 aliphatic rings. The number of hydrogen-bond donors (Lipinski definition) is 0. The number of pyridine rings is 1. The Hall–Kier alpha value is -2.69. The highest BCUT2D eigenvalue weighted by Crippen LogP contribution is 2.19. The number of aromatic nitrogens is 1. The molecule has 0 bridgehead atoms. The lowest BCUT2D eigenvalue weighted by Crippen LogP contribution is -2.11. The van der Waals surface area contributed by atoms with Gasteiger partial charge in [0.25, 0.3) is 0 Å². The highest BCUT2D eigenvalue weighted by molar-refractivity contribution is 6.14. The molecule has 0 unspecified atom stereocenters. The Bertz CT molecular complexity index is 692. The van der Waals surface area contributed by atoms with Crippen LogP contribution >= 0.6 is 0 Å². The molecule has 2 rings (SSSR count). The molecule has 1 aromatic heterocycles. The lowest BCUT2D eigenvalue weighted by Gasteiger charge is -2.07.